The number of piperidine rings is 1. The molecule has 39 heavy (non-hydrogen) atoms. The van der Waals surface area contributed by atoms with Gasteiger partial charge in [0.2, 0.25) is 11.5 Å². The first kappa shape index (κ1) is 27.3. The zero-order valence-electron chi connectivity index (χ0n) is 22.7. The molecule has 2 aromatic carbocycles. The number of aromatic nitrogens is 2. The van der Waals surface area contributed by atoms with E-state index in [1.807, 2.05) is 19.9 Å². The van der Waals surface area contributed by atoms with Crippen LogP contribution in [0.3, 0.4) is 0 Å². The molecule has 4 N–H and O–H groups in total. The van der Waals surface area contributed by atoms with Crippen molar-refractivity contribution in [3.05, 3.63) is 65.0 Å². The molecule has 0 unspecified atom stereocenters. The molecule has 0 bridgehead atoms. The monoisotopic (exact) mass is 535 g/mol. The summed E-state index contributed by atoms with van der Waals surface area (Å²) in [4.78, 5) is 34.9. The number of H-pyrrole nitrogens is 1. The van der Waals surface area contributed by atoms with Gasteiger partial charge in [-0.1, -0.05) is 12.1 Å². The topological polar surface area (TPSA) is 117 Å². The highest BCUT2D eigenvalue weighted by Gasteiger charge is 2.31. The first-order valence-electron chi connectivity index (χ1n) is 13.9. The van der Waals surface area contributed by atoms with Gasteiger partial charge in [0.25, 0.3) is 5.91 Å². The summed E-state index contributed by atoms with van der Waals surface area (Å²) in [6.07, 6.45) is 4.79. The van der Waals surface area contributed by atoms with Crippen molar-refractivity contribution in [3.63, 3.8) is 0 Å². The fourth-order valence-electron chi connectivity index (χ4n) is 6.18. The molecule has 2 heterocycles. The van der Waals surface area contributed by atoms with Gasteiger partial charge in [-0.3, -0.25) is 14.5 Å². The molecule has 2 amide bonds. The van der Waals surface area contributed by atoms with Crippen LogP contribution in [0.15, 0.2) is 47.5 Å². The second-order valence-electron chi connectivity index (χ2n) is 11.7. The standard InChI is InChI=1S/C30H38FN5O3/c1-30(2,39)22-12-14-35(15-13-22)18-19-6-11-25-26(16-19)36(24-9-7-20(8-10-24)27(32)37)29(33-25)34-28(38)21-4-3-5-23(31)17-21/h3-6,11,16-17,20,22,24,39H,7-10,12-15,18H2,1-2H3,(H2,32,37)(H,33,34,38). The van der Waals surface area contributed by atoms with Crippen LogP contribution in [-0.4, -0.2) is 50.1 Å². The summed E-state index contributed by atoms with van der Waals surface area (Å²) in [5.74, 6) is -1.10. The lowest BCUT2D eigenvalue weighted by Crippen LogP contribution is -2.41. The van der Waals surface area contributed by atoms with Crippen LogP contribution in [0.1, 0.15) is 74.3 Å². The van der Waals surface area contributed by atoms with Crippen LogP contribution in [0.5, 0.6) is 0 Å². The quantitative estimate of drug-likeness (QED) is 0.442. The third kappa shape index (κ3) is 6.15. The summed E-state index contributed by atoms with van der Waals surface area (Å²) in [6, 6.07) is 11.9. The molecule has 1 saturated carbocycles. The molecular formula is C30H38FN5O3. The van der Waals surface area contributed by atoms with Crippen LogP contribution in [0.25, 0.3) is 11.0 Å². The minimum atomic E-state index is -0.655. The Balaban J connectivity index is 1.46. The first-order valence-corrected chi connectivity index (χ1v) is 13.9. The number of primary amides is 1. The van der Waals surface area contributed by atoms with Gasteiger partial charge in [0.15, 0.2) is 0 Å². The van der Waals surface area contributed by atoms with Crippen molar-refractivity contribution in [3.8, 4) is 0 Å². The van der Waals surface area contributed by atoms with E-state index in [0.29, 0.717) is 24.4 Å². The summed E-state index contributed by atoms with van der Waals surface area (Å²) in [5, 5.41) is 10.4. The minimum Gasteiger partial charge on any atom is -0.390 e. The maximum atomic E-state index is 13.8. The first-order chi connectivity index (χ1) is 18.6. The largest absolute Gasteiger partial charge is 0.390 e. The van der Waals surface area contributed by atoms with Crippen LogP contribution in [-0.2, 0) is 11.3 Å². The van der Waals surface area contributed by atoms with E-state index in [2.05, 4.69) is 31.6 Å². The zero-order chi connectivity index (χ0) is 27.7. The Morgan fingerprint density at radius 3 is 2.44 bits per heavy atom. The molecule has 1 aliphatic carbocycles. The van der Waals surface area contributed by atoms with Gasteiger partial charge in [0, 0.05) is 24.1 Å². The summed E-state index contributed by atoms with van der Waals surface area (Å²) in [7, 11) is 0. The number of hydrogen-bond donors (Lipinski definition) is 3. The number of rotatable bonds is 6. The van der Waals surface area contributed by atoms with E-state index in [1.54, 1.807) is 6.07 Å². The van der Waals surface area contributed by atoms with Crippen LogP contribution in [0, 0.1) is 17.7 Å². The van der Waals surface area contributed by atoms with Gasteiger partial charge in [0.1, 0.15) is 5.82 Å². The number of aromatic amines is 1. The lowest BCUT2D eigenvalue weighted by Gasteiger charge is -2.37. The van der Waals surface area contributed by atoms with Gasteiger partial charge in [-0.25, -0.2) is 4.39 Å². The molecule has 0 spiro atoms. The van der Waals surface area contributed by atoms with Gasteiger partial charge in [-0.2, -0.15) is 4.99 Å². The number of nitrogens with one attached hydrogen (secondary N) is 1. The Labute approximate surface area is 227 Å². The number of benzene rings is 2. The highest BCUT2D eigenvalue weighted by Crippen LogP contribution is 2.34. The third-order valence-corrected chi connectivity index (χ3v) is 8.53. The lowest BCUT2D eigenvalue weighted by atomic mass is 9.83. The van der Waals surface area contributed by atoms with Gasteiger partial charge in [-0.15, -0.1) is 0 Å². The number of hydrogen-bond acceptors (Lipinski definition) is 4. The van der Waals surface area contributed by atoms with Crippen LogP contribution in [0.4, 0.5) is 4.39 Å². The van der Waals surface area contributed by atoms with Crippen molar-refractivity contribution in [1.82, 2.24) is 14.5 Å². The molecule has 8 nitrogen and oxygen atoms in total. The lowest BCUT2D eigenvalue weighted by molar-refractivity contribution is -0.122. The fourth-order valence-corrected chi connectivity index (χ4v) is 6.18. The molecule has 0 radical (unpaired) electrons. The van der Waals surface area contributed by atoms with E-state index < -0.39 is 17.3 Å². The van der Waals surface area contributed by atoms with Crippen molar-refractivity contribution in [2.75, 3.05) is 13.1 Å². The second kappa shape index (κ2) is 11.1. The van der Waals surface area contributed by atoms with E-state index in [4.69, 9.17) is 5.73 Å². The van der Waals surface area contributed by atoms with Gasteiger partial charge in [0.05, 0.1) is 16.6 Å². The Kier molecular flexibility index (Phi) is 7.73. The Hall–Kier alpha value is -3.30. The van der Waals surface area contributed by atoms with Crippen molar-refractivity contribution in [2.45, 2.75) is 70.6 Å². The summed E-state index contributed by atoms with van der Waals surface area (Å²) in [5.41, 5.74) is 8.50. The summed E-state index contributed by atoms with van der Waals surface area (Å²) in [6.45, 7) is 6.44. The molecule has 1 saturated heterocycles. The molecule has 3 aromatic rings. The molecule has 5 rings (SSSR count). The number of fused-ring (bicyclic) bond motifs is 1. The van der Waals surface area contributed by atoms with Crippen LogP contribution in [0.2, 0.25) is 0 Å². The maximum Gasteiger partial charge on any atom is 0.280 e. The van der Waals surface area contributed by atoms with Crippen molar-refractivity contribution >= 4 is 22.8 Å². The van der Waals surface area contributed by atoms with E-state index >= 15 is 0 Å². The minimum absolute atomic E-state index is 0.0474. The average Bonchev–Trinajstić information content (AvgIpc) is 3.25. The number of carbonyl (C=O) groups excluding carboxylic acids is 2. The molecule has 0 atom stereocenters. The predicted octanol–water partition coefficient (Wildman–Crippen LogP) is 4.05. The number of nitrogens with zero attached hydrogens (tertiary/aromatic N) is 3. The number of likely N-dealkylation sites (tertiary alicyclic amines) is 1. The Bertz CT molecular complexity index is 1420. The maximum absolute atomic E-state index is 13.8. The zero-order valence-corrected chi connectivity index (χ0v) is 22.7. The SMILES string of the molecule is CC(C)(O)C1CCN(Cc2ccc3[nH]/c(=N/C(=O)c4cccc(F)c4)n(C4CCC(C(N)=O)CC4)c3c2)CC1. The van der Waals surface area contributed by atoms with Gasteiger partial charge >= 0.3 is 0 Å². The predicted molar refractivity (Wildman–Crippen MR) is 147 cm³/mol. The number of halogens is 1. The van der Waals surface area contributed by atoms with Crippen LogP contribution >= 0.6 is 0 Å². The smallest absolute Gasteiger partial charge is 0.280 e. The third-order valence-electron chi connectivity index (χ3n) is 8.53. The van der Waals surface area contributed by atoms with E-state index in [1.165, 1.54) is 18.2 Å². The van der Waals surface area contributed by atoms with Gasteiger partial charge < -0.3 is 20.4 Å². The molecule has 9 heteroatoms. The number of aliphatic hydroxyl groups is 1. The number of carbonyl (C=O) groups is 2. The normalized spacial score (nSPS) is 21.9. The summed E-state index contributed by atoms with van der Waals surface area (Å²) >= 11 is 0. The Morgan fingerprint density at radius 2 is 1.79 bits per heavy atom. The molecule has 2 fully saturated rings. The molecule has 1 aliphatic heterocycles. The molecule has 2 aliphatic rings. The van der Waals surface area contributed by atoms with E-state index in [-0.39, 0.29) is 23.4 Å². The average molecular weight is 536 g/mol. The fraction of sp³-hybridized carbons (Fsp3) is 0.500. The van der Waals surface area contributed by atoms with Crippen molar-refractivity contribution in [2.24, 2.45) is 22.6 Å². The van der Waals surface area contributed by atoms with Gasteiger partial charge in [-0.05, 0) is 107 Å². The molecule has 1 aromatic heterocycles. The Morgan fingerprint density at radius 1 is 1.08 bits per heavy atom. The highest BCUT2D eigenvalue weighted by molar-refractivity contribution is 5.95. The molecule has 208 valence electrons. The second-order valence-corrected chi connectivity index (χ2v) is 11.7. The van der Waals surface area contributed by atoms with E-state index in [9.17, 15) is 19.1 Å². The molecular weight excluding hydrogens is 497 g/mol. The van der Waals surface area contributed by atoms with Crippen molar-refractivity contribution in [1.29, 1.82) is 0 Å². The number of amides is 2. The summed E-state index contributed by atoms with van der Waals surface area (Å²) < 4.78 is 15.8. The van der Waals surface area contributed by atoms with E-state index in [0.717, 1.165) is 61.9 Å². The number of imidazole rings is 1. The van der Waals surface area contributed by atoms with Crippen LogP contribution < -0.4 is 11.4 Å². The van der Waals surface area contributed by atoms with Crippen molar-refractivity contribution < 1.29 is 19.1 Å². The highest BCUT2D eigenvalue weighted by atomic mass is 19.1. The number of nitrogens with two attached hydrogens (primary N) is 1.